The molecular weight excluding hydrogens is 294 g/mol. The van der Waals surface area contributed by atoms with Crippen molar-refractivity contribution in [3.8, 4) is 6.07 Å². The highest BCUT2D eigenvalue weighted by Crippen LogP contribution is 2.20. The van der Waals surface area contributed by atoms with E-state index in [9.17, 15) is 9.59 Å². The van der Waals surface area contributed by atoms with Crippen LogP contribution in [0.3, 0.4) is 0 Å². The number of hydrogen-bond donors (Lipinski definition) is 3. The molecule has 1 heterocycles. The van der Waals surface area contributed by atoms with Gasteiger partial charge in [0.25, 0.3) is 0 Å². The van der Waals surface area contributed by atoms with Crippen LogP contribution < -0.4 is 16.0 Å². The Morgan fingerprint density at radius 1 is 1.30 bits per heavy atom. The van der Waals surface area contributed by atoms with E-state index in [2.05, 4.69) is 20.9 Å². The van der Waals surface area contributed by atoms with Crippen LogP contribution in [0.15, 0.2) is 30.5 Å². The number of hydrogen-bond acceptors (Lipinski definition) is 4. The van der Waals surface area contributed by atoms with Gasteiger partial charge in [-0.3, -0.25) is 10.1 Å². The summed E-state index contributed by atoms with van der Waals surface area (Å²) in [6, 6.07) is 8.92. The molecule has 7 heteroatoms. The van der Waals surface area contributed by atoms with Crippen molar-refractivity contribution in [2.45, 2.75) is 19.9 Å². The fraction of sp³-hybridized carbons (Fsp3) is 0.250. The Bertz CT molecular complexity index is 767. The summed E-state index contributed by atoms with van der Waals surface area (Å²) < 4.78 is 0. The van der Waals surface area contributed by atoms with Gasteiger partial charge in [0.2, 0.25) is 5.91 Å². The Balaban J connectivity index is 2.17. The summed E-state index contributed by atoms with van der Waals surface area (Å²) in [6.45, 7) is 2.69. The molecule has 0 saturated carbocycles. The Morgan fingerprint density at radius 3 is 2.87 bits per heavy atom. The normalized spacial score (nSPS) is 9.91. The second-order valence-electron chi connectivity index (χ2n) is 4.80. The molecule has 1 aromatic heterocycles. The van der Waals surface area contributed by atoms with Crippen molar-refractivity contribution in [1.82, 2.24) is 15.6 Å². The van der Waals surface area contributed by atoms with Crippen molar-refractivity contribution in [2.24, 2.45) is 0 Å². The number of carbonyl (C=O) groups is 2. The van der Waals surface area contributed by atoms with Crippen molar-refractivity contribution in [2.75, 3.05) is 11.9 Å². The molecule has 0 saturated heterocycles. The first-order chi connectivity index (χ1) is 11.1. The van der Waals surface area contributed by atoms with Gasteiger partial charge in [-0.2, -0.15) is 5.26 Å². The first kappa shape index (κ1) is 16.2. The Labute approximate surface area is 133 Å². The van der Waals surface area contributed by atoms with Gasteiger partial charge in [0.1, 0.15) is 12.2 Å². The Hall–Kier alpha value is -3.14. The SMILES string of the molecule is CCNC(=O)Nc1cc2cccc(CNC(=O)CC#N)c2cn1. The Morgan fingerprint density at radius 2 is 2.13 bits per heavy atom. The number of rotatable bonds is 5. The van der Waals surface area contributed by atoms with Gasteiger partial charge in [0, 0.05) is 24.7 Å². The molecule has 118 valence electrons. The summed E-state index contributed by atoms with van der Waals surface area (Å²) >= 11 is 0. The smallest absolute Gasteiger partial charge is 0.320 e. The molecule has 2 rings (SSSR count). The van der Waals surface area contributed by atoms with E-state index in [0.29, 0.717) is 18.9 Å². The number of pyridine rings is 1. The number of fused-ring (bicyclic) bond motifs is 1. The molecule has 0 aliphatic carbocycles. The third-order valence-corrected chi connectivity index (χ3v) is 3.15. The molecule has 0 spiro atoms. The minimum Gasteiger partial charge on any atom is -0.351 e. The fourth-order valence-electron chi connectivity index (χ4n) is 2.11. The van der Waals surface area contributed by atoms with Crippen LogP contribution in [-0.4, -0.2) is 23.5 Å². The van der Waals surface area contributed by atoms with Crippen molar-refractivity contribution in [1.29, 1.82) is 5.26 Å². The molecule has 23 heavy (non-hydrogen) atoms. The summed E-state index contributed by atoms with van der Waals surface area (Å²) in [5.74, 6) is 0.140. The third kappa shape index (κ3) is 4.41. The van der Waals surface area contributed by atoms with Crippen LogP contribution in [0.25, 0.3) is 10.8 Å². The zero-order valence-corrected chi connectivity index (χ0v) is 12.7. The van der Waals surface area contributed by atoms with Crippen molar-refractivity contribution in [3.63, 3.8) is 0 Å². The monoisotopic (exact) mass is 311 g/mol. The molecule has 0 bridgehead atoms. The predicted molar refractivity (Wildman–Crippen MR) is 86.5 cm³/mol. The average molecular weight is 311 g/mol. The maximum absolute atomic E-state index is 11.5. The van der Waals surface area contributed by atoms with E-state index in [0.717, 1.165) is 16.3 Å². The van der Waals surface area contributed by atoms with Gasteiger partial charge < -0.3 is 10.6 Å². The van der Waals surface area contributed by atoms with Gasteiger partial charge in [-0.15, -0.1) is 0 Å². The molecular formula is C16H17N5O2. The number of anilines is 1. The Kier molecular flexibility index (Phi) is 5.47. The fourth-order valence-corrected chi connectivity index (χ4v) is 2.11. The molecule has 0 radical (unpaired) electrons. The first-order valence-corrected chi connectivity index (χ1v) is 7.20. The highest BCUT2D eigenvalue weighted by molar-refractivity contribution is 5.92. The van der Waals surface area contributed by atoms with E-state index in [1.807, 2.05) is 25.1 Å². The van der Waals surface area contributed by atoms with Crippen LogP contribution in [0.4, 0.5) is 10.6 Å². The summed E-state index contributed by atoms with van der Waals surface area (Å²) in [5, 5.41) is 18.2. The van der Waals surface area contributed by atoms with E-state index in [4.69, 9.17) is 5.26 Å². The zero-order chi connectivity index (χ0) is 16.7. The summed E-state index contributed by atoms with van der Waals surface area (Å²) in [4.78, 5) is 27.1. The lowest BCUT2D eigenvalue weighted by Crippen LogP contribution is -2.28. The van der Waals surface area contributed by atoms with E-state index in [1.54, 1.807) is 18.3 Å². The van der Waals surface area contributed by atoms with Crippen LogP contribution in [0.1, 0.15) is 18.9 Å². The number of amides is 3. The molecule has 2 aromatic rings. The molecule has 3 N–H and O–H groups in total. The number of nitriles is 1. The van der Waals surface area contributed by atoms with Crippen molar-refractivity contribution >= 4 is 28.5 Å². The van der Waals surface area contributed by atoms with Crippen LogP contribution in [0.2, 0.25) is 0 Å². The first-order valence-electron chi connectivity index (χ1n) is 7.20. The lowest BCUT2D eigenvalue weighted by Gasteiger charge is -2.09. The lowest BCUT2D eigenvalue weighted by atomic mass is 10.1. The molecule has 0 aliphatic rings. The van der Waals surface area contributed by atoms with E-state index in [-0.39, 0.29) is 18.4 Å². The van der Waals surface area contributed by atoms with Gasteiger partial charge in [0.05, 0.1) is 6.07 Å². The predicted octanol–water partition coefficient (Wildman–Crippen LogP) is 1.91. The van der Waals surface area contributed by atoms with Gasteiger partial charge in [0.15, 0.2) is 0 Å². The molecule has 0 fully saturated rings. The number of urea groups is 1. The molecule has 7 nitrogen and oxygen atoms in total. The molecule has 0 unspecified atom stereocenters. The van der Waals surface area contributed by atoms with E-state index in [1.165, 1.54) is 0 Å². The molecule has 3 amide bonds. The zero-order valence-electron chi connectivity index (χ0n) is 12.7. The van der Waals surface area contributed by atoms with Gasteiger partial charge >= 0.3 is 6.03 Å². The second kappa shape index (κ2) is 7.75. The number of nitrogens with zero attached hydrogens (tertiary/aromatic N) is 2. The third-order valence-electron chi connectivity index (χ3n) is 3.15. The topological polar surface area (TPSA) is 107 Å². The average Bonchev–Trinajstić information content (AvgIpc) is 2.53. The maximum atomic E-state index is 11.5. The minimum atomic E-state index is -0.313. The number of benzene rings is 1. The number of carbonyl (C=O) groups excluding carboxylic acids is 2. The lowest BCUT2D eigenvalue weighted by molar-refractivity contribution is -0.120. The largest absolute Gasteiger partial charge is 0.351 e. The van der Waals surface area contributed by atoms with E-state index < -0.39 is 0 Å². The van der Waals surface area contributed by atoms with Gasteiger partial charge in [-0.25, -0.2) is 9.78 Å². The van der Waals surface area contributed by atoms with Crippen molar-refractivity contribution < 1.29 is 9.59 Å². The standard InChI is InChI=1S/C16H17N5O2/c1-2-18-16(23)21-14-8-11-4-3-5-12(13(11)10-19-14)9-20-15(22)6-7-17/h3-5,8,10H,2,6,9H2,1H3,(H,20,22)(H2,18,19,21,23). The quantitative estimate of drug-likeness (QED) is 0.784. The highest BCUT2D eigenvalue weighted by Gasteiger charge is 2.07. The minimum absolute atomic E-state index is 0.163. The molecule has 0 aliphatic heterocycles. The van der Waals surface area contributed by atoms with Gasteiger partial charge in [-0.05, 0) is 23.9 Å². The number of nitrogens with one attached hydrogen (secondary N) is 3. The summed E-state index contributed by atoms with van der Waals surface area (Å²) in [5.41, 5.74) is 0.894. The van der Waals surface area contributed by atoms with Crippen LogP contribution in [0, 0.1) is 11.3 Å². The van der Waals surface area contributed by atoms with Crippen molar-refractivity contribution in [3.05, 3.63) is 36.0 Å². The highest BCUT2D eigenvalue weighted by atomic mass is 16.2. The van der Waals surface area contributed by atoms with Crippen LogP contribution in [0.5, 0.6) is 0 Å². The second-order valence-corrected chi connectivity index (χ2v) is 4.80. The maximum Gasteiger partial charge on any atom is 0.320 e. The molecule has 1 aromatic carbocycles. The van der Waals surface area contributed by atoms with E-state index >= 15 is 0 Å². The van der Waals surface area contributed by atoms with Crippen LogP contribution >= 0.6 is 0 Å². The summed E-state index contributed by atoms with van der Waals surface area (Å²) in [6.07, 6.45) is 1.49. The van der Waals surface area contributed by atoms with Gasteiger partial charge in [-0.1, -0.05) is 18.2 Å². The molecule has 0 atom stereocenters. The number of aromatic nitrogens is 1. The van der Waals surface area contributed by atoms with Crippen LogP contribution in [-0.2, 0) is 11.3 Å². The summed E-state index contributed by atoms with van der Waals surface area (Å²) in [7, 11) is 0.